The van der Waals surface area contributed by atoms with Crippen LogP contribution < -0.4 is 5.73 Å². The number of hydrogen-bond donors (Lipinski definition) is 1. The molecular formula is C13H21N3O2. The zero-order chi connectivity index (χ0) is 13.5. The lowest BCUT2D eigenvalue weighted by Crippen LogP contribution is -2.53. The third-order valence-corrected chi connectivity index (χ3v) is 3.81. The minimum absolute atomic E-state index is 0.00926. The molecule has 1 aromatic heterocycles. The topological polar surface area (TPSA) is 72.4 Å². The van der Waals surface area contributed by atoms with Gasteiger partial charge in [0.15, 0.2) is 0 Å². The molecular weight excluding hydrogens is 230 g/mol. The number of hydrogen-bond acceptors (Lipinski definition) is 4. The van der Waals surface area contributed by atoms with Crippen molar-refractivity contribution in [2.24, 2.45) is 11.7 Å². The van der Waals surface area contributed by atoms with Crippen LogP contribution in [0.25, 0.3) is 0 Å². The summed E-state index contributed by atoms with van der Waals surface area (Å²) in [6.45, 7) is 6.07. The molecule has 0 aliphatic heterocycles. The van der Waals surface area contributed by atoms with Crippen molar-refractivity contribution in [1.82, 2.24) is 10.1 Å². The number of aromatic nitrogens is 1. The van der Waals surface area contributed by atoms with E-state index in [1.54, 1.807) is 11.9 Å². The van der Waals surface area contributed by atoms with Gasteiger partial charge < -0.3 is 15.2 Å². The van der Waals surface area contributed by atoms with Crippen molar-refractivity contribution in [2.45, 2.75) is 45.7 Å². The normalized spacial score (nSPS) is 18.5. The predicted octanol–water partition coefficient (Wildman–Crippen LogP) is 1.38. The number of carbonyl (C=O) groups is 1. The summed E-state index contributed by atoms with van der Waals surface area (Å²) < 4.78 is 5.10. The van der Waals surface area contributed by atoms with Crippen LogP contribution in [0.1, 0.15) is 36.8 Å². The molecule has 0 radical (unpaired) electrons. The second kappa shape index (κ2) is 4.39. The molecule has 1 aliphatic rings. The molecule has 1 aliphatic carbocycles. The molecule has 18 heavy (non-hydrogen) atoms. The Balaban J connectivity index is 2.08. The van der Waals surface area contributed by atoms with Gasteiger partial charge in [0, 0.05) is 12.6 Å². The fraction of sp³-hybridized carbons (Fsp3) is 0.692. The van der Waals surface area contributed by atoms with Crippen LogP contribution >= 0.6 is 0 Å². The molecule has 1 fully saturated rings. The Labute approximate surface area is 107 Å². The van der Waals surface area contributed by atoms with Crippen LogP contribution in [0.4, 0.5) is 0 Å². The minimum atomic E-state index is -0.742. The summed E-state index contributed by atoms with van der Waals surface area (Å²) in [6, 6.07) is 0. The third kappa shape index (κ3) is 2.27. The maximum atomic E-state index is 12.3. The first-order chi connectivity index (χ1) is 8.34. The third-order valence-electron chi connectivity index (χ3n) is 3.81. The van der Waals surface area contributed by atoms with Crippen LogP contribution in [0.15, 0.2) is 4.52 Å². The van der Waals surface area contributed by atoms with Crippen LogP contribution in [0.2, 0.25) is 0 Å². The molecule has 2 N–H and O–H groups in total. The van der Waals surface area contributed by atoms with Crippen molar-refractivity contribution in [1.29, 1.82) is 0 Å². The quantitative estimate of drug-likeness (QED) is 0.877. The second-order valence-corrected chi connectivity index (χ2v) is 5.52. The number of carbonyl (C=O) groups excluding carboxylic acids is 1. The van der Waals surface area contributed by atoms with Crippen LogP contribution in [-0.4, -0.2) is 28.6 Å². The Morgan fingerprint density at radius 1 is 1.56 bits per heavy atom. The molecule has 0 bridgehead atoms. The fourth-order valence-corrected chi connectivity index (χ4v) is 2.31. The lowest BCUT2D eigenvalue weighted by atomic mass is 9.95. The SMILES string of the molecule is Cc1noc(C)c1CN(C)C(=O)C(C)(N)C1CC1. The van der Waals surface area contributed by atoms with E-state index >= 15 is 0 Å². The van der Waals surface area contributed by atoms with E-state index in [1.165, 1.54) is 0 Å². The summed E-state index contributed by atoms with van der Waals surface area (Å²) in [6.07, 6.45) is 2.11. The van der Waals surface area contributed by atoms with Gasteiger partial charge in [0.25, 0.3) is 0 Å². The minimum Gasteiger partial charge on any atom is -0.361 e. The number of nitrogens with zero attached hydrogens (tertiary/aromatic N) is 2. The highest BCUT2D eigenvalue weighted by Crippen LogP contribution is 2.39. The molecule has 1 amide bonds. The van der Waals surface area contributed by atoms with Crippen molar-refractivity contribution in [2.75, 3.05) is 7.05 Å². The number of nitrogens with two attached hydrogens (primary N) is 1. The molecule has 5 nitrogen and oxygen atoms in total. The smallest absolute Gasteiger partial charge is 0.242 e. The van der Waals surface area contributed by atoms with Gasteiger partial charge >= 0.3 is 0 Å². The van der Waals surface area contributed by atoms with Gasteiger partial charge in [-0.15, -0.1) is 0 Å². The molecule has 0 saturated heterocycles. The number of aryl methyl sites for hydroxylation is 2. The predicted molar refractivity (Wildman–Crippen MR) is 67.8 cm³/mol. The highest BCUT2D eigenvalue weighted by molar-refractivity contribution is 5.86. The van der Waals surface area contributed by atoms with E-state index in [2.05, 4.69) is 5.16 Å². The Kier molecular flexibility index (Phi) is 3.19. The molecule has 1 unspecified atom stereocenters. The van der Waals surface area contributed by atoms with Gasteiger partial charge in [-0.05, 0) is 39.5 Å². The van der Waals surface area contributed by atoms with Crippen LogP contribution in [0, 0.1) is 19.8 Å². The number of amides is 1. The van der Waals surface area contributed by atoms with E-state index in [4.69, 9.17) is 10.3 Å². The van der Waals surface area contributed by atoms with Gasteiger partial charge in [0.2, 0.25) is 5.91 Å². The highest BCUT2D eigenvalue weighted by Gasteiger charge is 2.45. The molecule has 0 aromatic carbocycles. The molecule has 1 heterocycles. The zero-order valence-corrected chi connectivity index (χ0v) is 11.5. The van der Waals surface area contributed by atoms with Gasteiger partial charge in [-0.25, -0.2) is 0 Å². The second-order valence-electron chi connectivity index (χ2n) is 5.52. The first-order valence-corrected chi connectivity index (χ1v) is 6.30. The highest BCUT2D eigenvalue weighted by atomic mass is 16.5. The number of rotatable bonds is 4. The standard InChI is InChI=1S/C13H21N3O2/c1-8-11(9(2)18-15-8)7-16(4)12(17)13(3,14)10-5-6-10/h10H,5-7,14H2,1-4H3. The summed E-state index contributed by atoms with van der Waals surface area (Å²) in [5, 5.41) is 3.89. The summed E-state index contributed by atoms with van der Waals surface area (Å²) in [5.41, 5.74) is 7.20. The monoisotopic (exact) mass is 251 g/mol. The molecule has 1 saturated carbocycles. The Bertz CT molecular complexity index is 441. The van der Waals surface area contributed by atoms with Gasteiger partial charge in [0.1, 0.15) is 5.76 Å². The van der Waals surface area contributed by atoms with Crippen molar-refractivity contribution in [3.05, 3.63) is 17.0 Å². The van der Waals surface area contributed by atoms with E-state index < -0.39 is 5.54 Å². The maximum absolute atomic E-state index is 12.3. The molecule has 2 rings (SSSR count). The van der Waals surface area contributed by atoms with E-state index in [0.29, 0.717) is 12.5 Å². The summed E-state index contributed by atoms with van der Waals surface area (Å²) >= 11 is 0. The summed E-state index contributed by atoms with van der Waals surface area (Å²) in [7, 11) is 1.78. The molecule has 5 heteroatoms. The van der Waals surface area contributed by atoms with Gasteiger partial charge in [-0.1, -0.05) is 5.16 Å². The van der Waals surface area contributed by atoms with Gasteiger partial charge in [-0.2, -0.15) is 0 Å². The Morgan fingerprint density at radius 3 is 2.61 bits per heavy atom. The van der Waals surface area contributed by atoms with E-state index in [0.717, 1.165) is 29.9 Å². The zero-order valence-electron chi connectivity index (χ0n) is 11.5. The van der Waals surface area contributed by atoms with Crippen molar-refractivity contribution in [3.8, 4) is 0 Å². The van der Waals surface area contributed by atoms with Gasteiger partial charge in [0.05, 0.1) is 17.8 Å². The Hall–Kier alpha value is -1.36. The summed E-state index contributed by atoms with van der Waals surface area (Å²) in [4.78, 5) is 14.0. The molecule has 0 spiro atoms. The first kappa shape index (κ1) is 13.1. The van der Waals surface area contributed by atoms with Gasteiger partial charge in [-0.3, -0.25) is 4.79 Å². The lowest BCUT2D eigenvalue weighted by Gasteiger charge is -2.29. The van der Waals surface area contributed by atoms with E-state index in [9.17, 15) is 4.79 Å². The number of likely N-dealkylation sites (N-methyl/N-ethyl adjacent to an activating group) is 1. The van der Waals surface area contributed by atoms with Crippen molar-refractivity contribution < 1.29 is 9.32 Å². The van der Waals surface area contributed by atoms with E-state index in [1.807, 2.05) is 20.8 Å². The fourth-order valence-electron chi connectivity index (χ4n) is 2.31. The van der Waals surface area contributed by atoms with Crippen molar-refractivity contribution in [3.63, 3.8) is 0 Å². The van der Waals surface area contributed by atoms with E-state index in [-0.39, 0.29) is 5.91 Å². The summed E-state index contributed by atoms with van der Waals surface area (Å²) in [5.74, 6) is 1.08. The first-order valence-electron chi connectivity index (χ1n) is 6.30. The lowest BCUT2D eigenvalue weighted by molar-refractivity contribution is -0.136. The Morgan fingerprint density at radius 2 is 2.17 bits per heavy atom. The van der Waals surface area contributed by atoms with Crippen molar-refractivity contribution >= 4 is 5.91 Å². The molecule has 1 aromatic rings. The molecule has 100 valence electrons. The molecule has 1 atom stereocenters. The van der Waals surface area contributed by atoms with Crippen LogP contribution in [-0.2, 0) is 11.3 Å². The van der Waals surface area contributed by atoms with Crippen LogP contribution in [0.3, 0.4) is 0 Å². The average Bonchev–Trinajstić information content (AvgIpc) is 3.11. The average molecular weight is 251 g/mol. The largest absolute Gasteiger partial charge is 0.361 e. The maximum Gasteiger partial charge on any atom is 0.242 e. The van der Waals surface area contributed by atoms with Crippen LogP contribution in [0.5, 0.6) is 0 Å².